The molecule has 0 aromatic carbocycles. The molecular formula is C8H16N4. The average molecular weight is 168 g/mol. The highest BCUT2D eigenvalue weighted by molar-refractivity contribution is 5.75. The molecule has 0 spiro atoms. The number of aliphatic imine (C=N–C) groups is 1. The molecular weight excluding hydrogens is 152 g/mol. The molecule has 4 N–H and O–H groups in total. The SMILES string of the molecule is NC(N)=NC1CCN2CCCC12. The minimum atomic E-state index is 0.244. The second-order valence-corrected chi connectivity index (χ2v) is 3.66. The Morgan fingerprint density at radius 3 is 2.83 bits per heavy atom. The molecule has 2 aliphatic heterocycles. The summed E-state index contributed by atoms with van der Waals surface area (Å²) in [6, 6.07) is 1.00. The molecule has 4 heteroatoms. The molecule has 0 radical (unpaired) electrons. The van der Waals surface area contributed by atoms with E-state index >= 15 is 0 Å². The third-order valence-corrected chi connectivity index (χ3v) is 2.89. The van der Waals surface area contributed by atoms with Crippen LogP contribution in [0.25, 0.3) is 0 Å². The van der Waals surface area contributed by atoms with Gasteiger partial charge in [0.05, 0.1) is 6.04 Å². The first kappa shape index (κ1) is 7.86. The number of nitrogens with zero attached hydrogens (tertiary/aromatic N) is 2. The van der Waals surface area contributed by atoms with Crippen molar-refractivity contribution in [3.63, 3.8) is 0 Å². The van der Waals surface area contributed by atoms with Crippen molar-refractivity contribution >= 4 is 5.96 Å². The van der Waals surface area contributed by atoms with Gasteiger partial charge in [-0.05, 0) is 25.8 Å². The Hall–Kier alpha value is -0.770. The van der Waals surface area contributed by atoms with Crippen LogP contribution in [0.4, 0.5) is 0 Å². The van der Waals surface area contributed by atoms with Gasteiger partial charge in [0.15, 0.2) is 5.96 Å². The molecule has 2 atom stereocenters. The topological polar surface area (TPSA) is 67.6 Å². The van der Waals surface area contributed by atoms with Gasteiger partial charge in [0.25, 0.3) is 0 Å². The standard InChI is InChI=1S/C8H16N4/c9-8(10)11-6-3-5-12-4-1-2-7(6)12/h6-7H,1-5H2,(H4,9,10,11). The molecule has 0 aromatic heterocycles. The lowest BCUT2D eigenvalue weighted by molar-refractivity contribution is 0.314. The van der Waals surface area contributed by atoms with Gasteiger partial charge in [-0.2, -0.15) is 0 Å². The van der Waals surface area contributed by atoms with Crippen molar-refractivity contribution in [1.82, 2.24) is 4.90 Å². The van der Waals surface area contributed by atoms with Gasteiger partial charge in [-0.3, -0.25) is 4.90 Å². The summed E-state index contributed by atoms with van der Waals surface area (Å²) in [6.45, 7) is 2.41. The van der Waals surface area contributed by atoms with Gasteiger partial charge in [-0.15, -0.1) is 0 Å². The van der Waals surface area contributed by atoms with Crippen LogP contribution in [0.3, 0.4) is 0 Å². The van der Waals surface area contributed by atoms with E-state index in [4.69, 9.17) is 11.5 Å². The Morgan fingerprint density at radius 2 is 2.08 bits per heavy atom. The van der Waals surface area contributed by atoms with Crippen LogP contribution < -0.4 is 11.5 Å². The van der Waals surface area contributed by atoms with Crippen molar-refractivity contribution in [3.8, 4) is 0 Å². The van der Waals surface area contributed by atoms with Crippen molar-refractivity contribution in [2.45, 2.75) is 31.3 Å². The predicted molar refractivity (Wildman–Crippen MR) is 48.8 cm³/mol. The zero-order valence-corrected chi connectivity index (χ0v) is 7.24. The number of rotatable bonds is 1. The van der Waals surface area contributed by atoms with Crippen molar-refractivity contribution in [3.05, 3.63) is 0 Å². The van der Waals surface area contributed by atoms with Gasteiger partial charge >= 0.3 is 0 Å². The molecule has 0 aliphatic carbocycles. The molecule has 2 heterocycles. The van der Waals surface area contributed by atoms with E-state index in [0.29, 0.717) is 12.1 Å². The molecule has 0 bridgehead atoms. The lowest BCUT2D eigenvalue weighted by Gasteiger charge is -2.16. The van der Waals surface area contributed by atoms with Gasteiger partial charge in [0.2, 0.25) is 0 Å². The molecule has 12 heavy (non-hydrogen) atoms. The first-order valence-electron chi connectivity index (χ1n) is 4.60. The van der Waals surface area contributed by atoms with E-state index in [2.05, 4.69) is 9.89 Å². The summed E-state index contributed by atoms with van der Waals surface area (Å²) < 4.78 is 0. The summed E-state index contributed by atoms with van der Waals surface area (Å²) in [5, 5.41) is 0. The quantitative estimate of drug-likeness (QED) is 0.409. The third-order valence-electron chi connectivity index (χ3n) is 2.89. The van der Waals surface area contributed by atoms with Crippen LogP contribution in [-0.4, -0.2) is 36.0 Å². The number of guanidine groups is 1. The molecule has 0 aromatic rings. The van der Waals surface area contributed by atoms with Crippen molar-refractivity contribution in [2.75, 3.05) is 13.1 Å². The molecule has 2 rings (SSSR count). The van der Waals surface area contributed by atoms with Gasteiger partial charge in [-0.1, -0.05) is 0 Å². The molecule has 68 valence electrons. The number of hydrogen-bond donors (Lipinski definition) is 2. The maximum Gasteiger partial charge on any atom is 0.186 e. The van der Waals surface area contributed by atoms with E-state index in [-0.39, 0.29) is 5.96 Å². The van der Waals surface area contributed by atoms with Crippen LogP contribution in [0.2, 0.25) is 0 Å². The fourth-order valence-electron chi connectivity index (χ4n) is 2.40. The lowest BCUT2D eigenvalue weighted by Crippen LogP contribution is -2.31. The molecule has 2 unspecified atom stereocenters. The smallest absolute Gasteiger partial charge is 0.186 e. The molecule has 2 saturated heterocycles. The van der Waals surface area contributed by atoms with Crippen LogP contribution >= 0.6 is 0 Å². The van der Waals surface area contributed by atoms with E-state index in [1.165, 1.54) is 25.9 Å². The molecule has 2 aliphatic rings. The highest BCUT2D eigenvalue weighted by Gasteiger charge is 2.36. The molecule has 0 amide bonds. The average Bonchev–Trinajstić information content (AvgIpc) is 2.52. The second kappa shape index (κ2) is 2.94. The third kappa shape index (κ3) is 1.27. The number of hydrogen-bond acceptors (Lipinski definition) is 2. The molecule has 2 fully saturated rings. The second-order valence-electron chi connectivity index (χ2n) is 3.66. The van der Waals surface area contributed by atoms with E-state index in [1.807, 2.05) is 0 Å². The van der Waals surface area contributed by atoms with Gasteiger partial charge in [0, 0.05) is 12.6 Å². The zero-order chi connectivity index (χ0) is 8.55. The van der Waals surface area contributed by atoms with Crippen LogP contribution in [0, 0.1) is 0 Å². The fraction of sp³-hybridized carbons (Fsp3) is 0.875. The summed E-state index contributed by atoms with van der Waals surface area (Å²) in [5.74, 6) is 0.244. The van der Waals surface area contributed by atoms with Crippen LogP contribution in [0.5, 0.6) is 0 Å². The van der Waals surface area contributed by atoms with E-state index in [1.54, 1.807) is 0 Å². The van der Waals surface area contributed by atoms with Crippen molar-refractivity contribution in [2.24, 2.45) is 16.5 Å². The normalized spacial score (nSPS) is 35.0. The van der Waals surface area contributed by atoms with Crippen LogP contribution in [0.15, 0.2) is 4.99 Å². The highest BCUT2D eigenvalue weighted by atomic mass is 15.2. The van der Waals surface area contributed by atoms with Crippen LogP contribution in [-0.2, 0) is 0 Å². The minimum absolute atomic E-state index is 0.244. The van der Waals surface area contributed by atoms with Gasteiger partial charge < -0.3 is 11.5 Å². The maximum atomic E-state index is 5.36. The summed E-state index contributed by atoms with van der Waals surface area (Å²) in [4.78, 5) is 6.75. The Bertz CT molecular complexity index is 197. The Kier molecular flexibility index (Phi) is 1.92. The van der Waals surface area contributed by atoms with E-state index < -0.39 is 0 Å². The Labute approximate surface area is 72.6 Å². The molecule has 0 saturated carbocycles. The van der Waals surface area contributed by atoms with Gasteiger partial charge in [0.1, 0.15) is 0 Å². The largest absolute Gasteiger partial charge is 0.370 e. The van der Waals surface area contributed by atoms with Gasteiger partial charge in [-0.25, -0.2) is 4.99 Å². The Balaban J connectivity index is 2.04. The monoisotopic (exact) mass is 168 g/mol. The first-order valence-corrected chi connectivity index (χ1v) is 4.60. The summed E-state index contributed by atoms with van der Waals surface area (Å²) in [7, 11) is 0. The Morgan fingerprint density at radius 1 is 1.25 bits per heavy atom. The summed E-state index contributed by atoms with van der Waals surface area (Å²) in [6.07, 6.45) is 3.70. The minimum Gasteiger partial charge on any atom is -0.370 e. The number of fused-ring (bicyclic) bond motifs is 1. The van der Waals surface area contributed by atoms with Crippen molar-refractivity contribution in [1.29, 1.82) is 0 Å². The zero-order valence-electron chi connectivity index (χ0n) is 7.24. The maximum absolute atomic E-state index is 5.36. The van der Waals surface area contributed by atoms with Crippen molar-refractivity contribution < 1.29 is 0 Å². The highest BCUT2D eigenvalue weighted by Crippen LogP contribution is 2.29. The number of nitrogens with two attached hydrogens (primary N) is 2. The van der Waals surface area contributed by atoms with E-state index in [9.17, 15) is 0 Å². The first-order chi connectivity index (χ1) is 5.77. The van der Waals surface area contributed by atoms with E-state index in [0.717, 1.165) is 6.42 Å². The summed E-state index contributed by atoms with van der Waals surface area (Å²) >= 11 is 0. The molecule has 4 nitrogen and oxygen atoms in total. The lowest BCUT2D eigenvalue weighted by atomic mass is 10.1. The summed E-state index contributed by atoms with van der Waals surface area (Å²) in [5.41, 5.74) is 10.7. The van der Waals surface area contributed by atoms with Crippen LogP contribution in [0.1, 0.15) is 19.3 Å². The fourth-order valence-corrected chi connectivity index (χ4v) is 2.40. The predicted octanol–water partition coefficient (Wildman–Crippen LogP) is -0.503.